The summed E-state index contributed by atoms with van der Waals surface area (Å²) in [6.45, 7) is 6.59. The summed E-state index contributed by atoms with van der Waals surface area (Å²) in [5, 5.41) is 9.43. The van der Waals surface area contributed by atoms with Crippen molar-refractivity contribution in [2.24, 2.45) is 11.3 Å². The summed E-state index contributed by atoms with van der Waals surface area (Å²) < 4.78 is 32.5. The Morgan fingerprint density at radius 1 is 1.00 bits per heavy atom. The Labute approximate surface area is 230 Å². The van der Waals surface area contributed by atoms with E-state index in [4.69, 9.17) is 14.2 Å². The van der Waals surface area contributed by atoms with Crippen molar-refractivity contribution in [1.82, 2.24) is 0 Å². The first-order chi connectivity index (χ1) is 18.6. The fourth-order valence-corrected chi connectivity index (χ4v) is 5.28. The first-order valence-electron chi connectivity index (χ1n) is 13.5. The maximum absolute atomic E-state index is 15.0. The summed E-state index contributed by atoms with van der Waals surface area (Å²) >= 11 is 0. The van der Waals surface area contributed by atoms with Crippen LogP contribution in [0.25, 0.3) is 11.1 Å². The predicted octanol–water partition coefficient (Wildman–Crippen LogP) is 8.17. The number of methoxy groups -OCH3 is 2. The third kappa shape index (κ3) is 7.39. The molecule has 1 aliphatic rings. The van der Waals surface area contributed by atoms with Crippen LogP contribution in [0.2, 0.25) is 0 Å². The van der Waals surface area contributed by atoms with Crippen molar-refractivity contribution in [3.05, 3.63) is 83.2 Å². The maximum atomic E-state index is 15.0. The van der Waals surface area contributed by atoms with E-state index in [1.54, 1.807) is 26.4 Å². The topological polar surface area (TPSA) is 65.0 Å². The van der Waals surface area contributed by atoms with Crippen molar-refractivity contribution in [2.45, 2.75) is 65.1 Å². The molecule has 1 saturated carbocycles. The van der Waals surface area contributed by atoms with Crippen LogP contribution in [-0.4, -0.2) is 25.3 Å². The molecule has 1 aliphatic carbocycles. The molecule has 0 unspecified atom stereocenters. The van der Waals surface area contributed by atoms with Crippen LogP contribution >= 0.6 is 0 Å². The summed E-state index contributed by atoms with van der Waals surface area (Å²) in [6, 6.07) is 18.4. The van der Waals surface area contributed by atoms with Gasteiger partial charge in [-0.25, -0.2) is 4.39 Å². The molecule has 6 heteroatoms. The summed E-state index contributed by atoms with van der Waals surface area (Å²) in [5.74, 6) is 0.778. The van der Waals surface area contributed by atoms with Crippen LogP contribution in [0.1, 0.15) is 75.2 Å². The van der Waals surface area contributed by atoms with Crippen LogP contribution in [0.3, 0.4) is 0 Å². The third-order valence-electron chi connectivity index (χ3n) is 7.36. The highest BCUT2D eigenvalue weighted by Crippen LogP contribution is 2.43. The molecule has 0 aliphatic heterocycles. The van der Waals surface area contributed by atoms with Crippen molar-refractivity contribution in [3.63, 3.8) is 0 Å². The highest BCUT2D eigenvalue weighted by Gasteiger charge is 2.30. The SMILES string of the molecule is COc1ccc(F)c(-c2ccc(COc3cccc([C@@H](CC(=O)O)CC4CC4)c3)cc2[C@@H](OC)C(C)(C)C)c1. The number of halogens is 1. The van der Waals surface area contributed by atoms with Gasteiger partial charge in [-0.3, -0.25) is 4.79 Å². The van der Waals surface area contributed by atoms with E-state index in [0.717, 1.165) is 28.7 Å². The molecule has 0 heterocycles. The highest BCUT2D eigenvalue weighted by atomic mass is 19.1. The lowest BCUT2D eigenvalue weighted by atomic mass is 9.81. The fraction of sp³-hybridized carbons (Fsp3) is 0.424. The molecule has 3 aromatic rings. The second-order valence-electron chi connectivity index (χ2n) is 11.6. The van der Waals surface area contributed by atoms with E-state index in [0.29, 0.717) is 29.6 Å². The van der Waals surface area contributed by atoms with Gasteiger partial charge in [0.25, 0.3) is 0 Å². The van der Waals surface area contributed by atoms with Gasteiger partial charge in [-0.05, 0) is 82.3 Å². The normalized spacial score (nSPS) is 15.0. The minimum absolute atomic E-state index is 0.0172. The molecule has 208 valence electrons. The Hall–Kier alpha value is -3.38. The van der Waals surface area contributed by atoms with Crippen molar-refractivity contribution in [3.8, 4) is 22.6 Å². The molecule has 1 N–H and O–H groups in total. The molecule has 2 atom stereocenters. The Morgan fingerprint density at radius 2 is 1.77 bits per heavy atom. The van der Waals surface area contributed by atoms with E-state index in [1.165, 1.54) is 18.9 Å². The molecule has 1 fully saturated rings. The number of aliphatic carboxylic acids is 1. The molecule has 39 heavy (non-hydrogen) atoms. The van der Waals surface area contributed by atoms with Crippen LogP contribution in [0.4, 0.5) is 4.39 Å². The zero-order chi connectivity index (χ0) is 28.2. The highest BCUT2D eigenvalue weighted by molar-refractivity contribution is 5.71. The van der Waals surface area contributed by atoms with Gasteiger partial charge in [-0.15, -0.1) is 0 Å². The van der Waals surface area contributed by atoms with E-state index in [9.17, 15) is 9.90 Å². The van der Waals surface area contributed by atoms with Crippen LogP contribution in [-0.2, 0) is 16.1 Å². The lowest BCUT2D eigenvalue weighted by molar-refractivity contribution is -0.137. The van der Waals surface area contributed by atoms with Crippen LogP contribution < -0.4 is 9.47 Å². The first kappa shape index (κ1) is 28.6. The van der Waals surface area contributed by atoms with E-state index < -0.39 is 5.97 Å². The lowest BCUT2D eigenvalue weighted by Crippen LogP contribution is -2.21. The van der Waals surface area contributed by atoms with Crippen LogP contribution in [0.15, 0.2) is 60.7 Å². The third-order valence-corrected chi connectivity index (χ3v) is 7.36. The number of carboxylic acid groups (broad SMARTS) is 1. The van der Waals surface area contributed by atoms with Gasteiger partial charge in [0.15, 0.2) is 0 Å². The summed E-state index contributed by atoms with van der Waals surface area (Å²) in [6.07, 6.45) is 3.09. The predicted molar refractivity (Wildman–Crippen MR) is 151 cm³/mol. The minimum atomic E-state index is -0.779. The molecule has 3 aromatic carbocycles. The molecule has 0 saturated heterocycles. The monoisotopic (exact) mass is 534 g/mol. The Morgan fingerprint density at radius 3 is 2.41 bits per heavy atom. The average molecular weight is 535 g/mol. The van der Waals surface area contributed by atoms with Gasteiger partial charge in [-0.2, -0.15) is 0 Å². The fourth-order valence-electron chi connectivity index (χ4n) is 5.28. The number of hydrogen-bond acceptors (Lipinski definition) is 4. The Bertz CT molecular complexity index is 1290. The summed E-state index contributed by atoms with van der Waals surface area (Å²) in [7, 11) is 3.24. The van der Waals surface area contributed by atoms with Gasteiger partial charge in [0.05, 0.1) is 19.6 Å². The largest absolute Gasteiger partial charge is 0.497 e. The van der Waals surface area contributed by atoms with Crippen molar-refractivity contribution in [1.29, 1.82) is 0 Å². The van der Waals surface area contributed by atoms with Gasteiger partial charge >= 0.3 is 5.97 Å². The number of rotatable bonds is 12. The number of carbonyl (C=O) groups is 1. The zero-order valence-electron chi connectivity index (χ0n) is 23.5. The molecular formula is C33H39FO5. The van der Waals surface area contributed by atoms with Crippen molar-refractivity contribution < 1.29 is 28.5 Å². The molecular weight excluding hydrogens is 495 g/mol. The zero-order valence-corrected chi connectivity index (χ0v) is 23.5. The van der Waals surface area contributed by atoms with Crippen LogP contribution in [0.5, 0.6) is 11.5 Å². The molecule has 4 rings (SSSR count). The standard InChI is InChI=1S/C33H39FO5/c1-33(2,3)32(38-5)29-16-22(11-13-27(29)28-19-25(37-4)12-14-30(28)34)20-39-26-8-6-7-23(17-26)24(18-31(35)36)15-21-9-10-21/h6-8,11-14,16-17,19,21,24,32H,9-10,15,18,20H2,1-5H3,(H,35,36)/t24-,32-/m1/s1. The smallest absolute Gasteiger partial charge is 0.303 e. The molecule has 0 amide bonds. The Kier molecular flexibility index (Phi) is 8.96. The number of ether oxygens (including phenoxy) is 3. The molecule has 5 nitrogen and oxygen atoms in total. The van der Waals surface area contributed by atoms with Gasteiger partial charge in [0.2, 0.25) is 0 Å². The lowest BCUT2D eigenvalue weighted by Gasteiger charge is -2.32. The van der Waals surface area contributed by atoms with Gasteiger partial charge in [-0.1, -0.05) is 57.9 Å². The number of hydrogen-bond donors (Lipinski definition) is 1. The summed E-state index contributed by atoms with van der Waals surface area (Å²) in [5.41, 5.74) is 3.75. The first-order valence-corrected chi connectivity index (χ1v) is 13.5. The number of benzene rings is 3. The second kappa shape index (κ2) is 12.2. The number of carboxylic acids is 1. The van der Waals surface area contributed by atoms with Crippen molar-refractivity contribution in [2.75, 3.05) is 14.2 Å². The van der Waals surface area contributed by atoms with E-state index >= 15 is 4.39 Å². The van der Waals surface area contributed by atoms with Gasteiger partial charge < -0.3 is 19.3 Å². The van der Waals surface area contributed by atoms with Crippen molar-refractivity contribution >= 4 is 5.97 Å². The quantitative estimate of drug-likeness (QED) is 0.254. The molecule has 0 radical (unpaired) electrons. The van der Waals surface area contributed by atoms with Gasteiger partial charge in [0, 0.05) is 12.7 Å². The maximum Gasteiger partial charge on any atom is 0.303 e. The van der Waals surface area contributed by atoms with Crippen LogP contribution in [0, 0.1) is 17.2 Å². The van der Waals surface area contributed by atoms with E-state index in [2.05, 4.69) is 20.8 Å². The second-order valence-corrected chi connectivity index (χ2v) is 11.6. The Balaban J connectivity index is 1.62. The molecule has 0 spiro atoms. The average Bonchev–Trinajstić information content (AvgIpc) is 3.71. The molecule has 0 aromatic heterocycles. The van der Waals surface area contributed by atoms with E-state index in [1.807, 2.05) is 42.5 Å². The minimum Gasteiger partial charge on any atom is -0.497 e. The van der Waals surface area contributed by atoms with Gasteiger partial charge in [0.1, 0.15) is 23.9 Å². The summed E-state index contributed by atoms with van der Waals surface area (Å²) in [4.78, 5) is 11.5. The molecule has 0 bridgehead atoms. The van der Waals surface area contributed by atoms with E-state index in [-0.39, 0.29) is 29.7 Å².